The van der Waals surface area contributed by atoms with Gasteiger partial charge in [0.15, 0.2) is 0 Å². The van der Waals surface area contributed by atoms with E-state index in [1.165, 1.54) is 23.1 Å². The van der Waals surface area contributed by atoms with Crippen LogP contribution in [0.3, 0.4) is 0 Å². The van der Waals surface area contributed by atoms with E-state index in [1.807, 2.05) is 0 Å². The van der Waals surface area contributed by atoms with E-state index in [-0.39, 0.29) is 30.6 Å². The van der Waals surface area contributed by atoms with Crippen molar-refractivity contribution in [3.63, 3.8) is 0 Å². The maximum Gasteiger partial charge on any atom is 0.256 e. The van der Waals surface area contributed by atoms with Crippen LogP contribution in [0.2, 0.25) is 0 Å². The summed E-state index contributed by atoms with van der Waals surface area (Å²) in [5, 5.41) is 0. The van der Waals surface area contributed by atoms with Crippen molar-refractivity contribution < 1.29 is 17.6 Å². The van der Waals surface area contributed by atoms with Gasteiger partial charge in [0.1, 0.15) is 11.7 Å². The van der Waals surface area contributed by atoms with E-state index in [0.717, 1.165) is 0 Å². The zero-order valence-corrected chi connectivity index (χ0v) is 13.8. The largest absolute Gasteiger partial charge is 0.337 e. The highest BCUT2D eigenvalue weighted by molar-refractivity contribution is 7.90. The van der Waals surface area contributed by atoms with Crippen LogP contribution in [0.5, 0.6) is 0 Å². The molecule has 0 aliphatic carbocycles. The monoisotopic (exact) mass is 349 g/mol. The number of carbonyl (C=O) groups excluding carboxylic acids is 1. The van der Waals surface area contributed by atoms with Gasteiger partial charge in [-0.15, -0.1) is 4.40 Å². The van der Waals surface area contributed by atoms with E-state index in [4.69, 9.17) is 0 Å². The zero-order chi connectivity index (χ0) is 17.3. The molecule has 6 nitrogen and oxygen atoms in total. The number of benzene rings is 1. The number of carbonyl (C=O) groups is 1. The van der Waals surface area contributed by atoms with Crippen molar-refractivity contribution in [2.24, 2.45) is 4.40 Å². The van der Waals surface area contributed by atoms with Crippen molar-refractivity contribution >= 4 is 21.8 Å². The average molecular weight is 349 g/mol. The van der Waals surface area contributed by atoms with Crippen molar-refractivity contribution in [3.05, 3.63) is 59.6 Å². The highest BCUT2D eigenvalue weighted by Crippen LogP contribution is 2.18. The highest BCUT2D eigenvalue weighted by atomic mass is 32.2. The Morgan fingerprint density at radius 1 is 1.33 bits per heavy atom. The van der Waals surface area contributed by atoms with Gasteiger partial charge in [0.2, 0.25) is 0 Å². The lowest BCUT2D eigenvalue weighted by molar-refractivity contribution is -0.126. The van der Waals surface area contributed by atoms with Gasteiger partial charge in [-0.3, -0.25) is 4.79 Å². The Labute approximate surface area is 139 Å². The number of hydrogen-bond acceptors (Lipinski definition) is 4. The molecule has 2 aliphatic heterocycles. The van der Waals surface area contributed by atoms with Gasteiger partial charge >= 0.3 is 0 Å². The molecule has 0 radical (unpaired) electrons. The van der Waals surface area contributed by atoms with Gasteiger partial charge in [-0.05, 0) is 18.2 Å². The summed E-state index contributed by atoms with van der Waals surface area (Å²) < 4.78 is 40.3. The molecule has 0 spiro atoms. The molecule has 0 aromatic heterocycles. The van der Waals surface area contributed by atoms with Gasteiger partial charge in [-0.2, -0.15) is 0 Å². The summed E-state index contributed by atoms with van der Waals surface area (Å²) in [6.45, 7) is 0.394. The first kappa shape index (κ1) is 16.4. The van der Waals surface area contributed by atoms with Crippen molar-refractivity contribution in [2.45, 2.75) is 6.54 Å². The quantitative estimate of drug-likeness (QED) is 0.824. The molecular formula is C16H16FN3O3S. The topological polar surface area (TPSA) is 70.1 Å². The summed E-state index contributed by atoms with van der Waals surface area (Å²) >= 11 is 0. The Morgan fingerprint density at radius 2 is 2.08 bits per heavy atom. The lowest BCUT2D eigenvalue weighted by Gasteiger charge is -2.28. The van der Waals surface area contributed by atoms with Crippen LogP contribution in [0.25, 0.3) is 0 Å². The third-order valence-electron chi connectivity index (χ3n) is 3.78. The Morgan fingerprint density at radius 3 is 2.83 bits per heavy atom. The van der Waals surface area contributed by atoms with Crippen molar-refractivity contribution in [3.8, 4) is 0 Å². The van der Waals surface area contributed by atoms with E-state index in [1.54, 1.807) is 36.3 Å². The van der Waals surface area contributed by atoms with Gasteiger partial charge in [0.25, 0.3) is 15.9 Å². The normalized spacial score (nSPS) is 18.5. The maximum absolute atomic E-state index is 13.7. The number of amides is 1. The molecule has 0 unspecified atom stereocenters. The van der Waals surface area contributed by atoms with Gasteiger partial charge < -0.3 is 9.80 Å². The minimum Gasteiger partial charge on any atom is -0.337 e. The summed E-state index contributed by atoms with van der Waals surface area (Å²) in [6.07, 6.45) is 4.60. The molecule has 0 fully saturated rings. The predicted molar refractivity (Wildman–Crippen MR) is 88.0 cm³/mol. The molecule has 0 saturated heterocycles. The van der Waals surface area contributed by atoms with Crippen LogP contribution in [0.4, 0.5) is 4.39 Å². The first-order valence-electron chi connectivity index (χ1n) is 7.34. The number of amidine groups is 1. The van der Waals surface area contributed by atoms with E-state index in [2.05, 4.69) is 4.40 Å². The number of fused-ring (bicyclic) bond motifs is 1. The molecule has 126 valence electrons. The van der Waals surface area contributed by atoms with Crippen molar-refractivity contribution in [2.75, 3.05) is 19.3 Å². The SMILES string of the molecule is CN(Cc1ccccc1F)C(=O)C1=CN2CCS(=O)(=O)N=C2C=C1. The predicted octanol–water partition coefficient (Wildman–Crippen LogP) is 1.28. The molecule has 24 heavy (non-hydrogen) atoms. The zero-order valence-electron chi connectivity index (χ0n) is 13.0. The van der Waals surface area contributed by atoms with Crippen LogP contribution < -0.4 is 0 Å². The van der Waals surface area contributed by atoms with Gasteiger partial charge in [0, 0.05) is 31.9 Å². The fourth-order valence-corrected chi connectivity index (χ4v) is 3.47. The molecule has 1 aromatic rings. The molecule has 3 rings (SSSR count). The standard InChI is InChI=1S/C16H16FN3O3S/c1-19(10-12-4-2-3-5-14(12)17)16(21)13-6-7-15-18-24(22,23)9-8-20(15)11-13/h2-7,11H,8-10H2,1H3. The molecule has 1 aromatic carbocycles. The van der Waals surface area contributed by atoms with E-state index >= 15 is 0 Å². The van der Waals surface area contributed by atoms with Crippen LogP contribution in [0.15, 0.2) is 52.6 Å². The summed E-state index contributed by atoms with van der Waals surface area (Å²) in [5.41, 5.74) is 0.826. The molecule has 0 saturated carbocycles. The van der Waals surface area contributed by atoms with Crippen LogP contribution in [-0.4, -0.2) is 49.3 Å². The van der Waals surface area contributed by atoms with E-state index in [0.29, 0.717) is 17.0 Å². The summed E-state index contributed by atoms with van der Waals surface area (Å²) in [5.74, 6) is -0.426. The Kier molecular flexibility index (Phi) is 4.23. The third kappa shape index (κ3) is 3.38. The fourth-order valence-electron chi connectivity index (χ4n) is 2.50. The smallest absolute Gasteiger partial charge is 0.256 e. The third-order valence-corrected chi connectivity index (χ3v) is 4.95. The molecule has 0 atom stereocenters. The molecule has 8 heteroatoms. The molecule has 0 N–H and O–H groups in total. The molecular weight excluding hydrogens is 333 g/mol. The molecule has 2 aliphatic rings. The van der Waals surface area contributed by atoms with Crippen LogP contribution >= 0.6 is 0 Å². The fraction of sp³-hybridized carbons (Fsp3) is 0.250. The van der Waals surface area contributed by atoms with Crippen molar-refractivity contribution in [1.29, 1.82) is 0 Å². The van der Waals surface area contributed by atoms with Crippen LogP contribution in [0, 0.1) is 5.82 Å². The van der Waals surface area contributed by atoms with Gasteiger partial charge in [-0.1, -0.05) is 18.2 Å². The number of nitrogens with zero attached hydrogens (tertiary/aromatic N) is 3. The Balaban J connectivity index is 1.76. The summed E-state index contributed by atoms with van der Waals surface area (Å²) in [7, 11) is -1.83. The second-order valence-electron chi connectivity index (χ2n) is 5.60. The lowest BCUT2D eigenvalue weighted by atomic mass is 10.1. The number of likely N-dealkylation sites (N-methyl/N-ethyl adjacent to an activating group) is 1. The Hall–Kier alpha value is -2.48. The average Bonchev–Trinajstić information content (AvgIpc) is 2.55. The molecule has 1 amide bonds. The summed E-state index contributed by atoms with van der Waals surface area (Å²) in [4.78, 5) is 15.6. The first-order chi connectivity index (χ1) is 11.4. The minimum atomic E-state index is -3.42. The van der Waals surface area contributed by atoms with Gasteiger partial charge in [-0.25, -0.2) is 12.8 Å². The number of hydrogen-bond donors (Lipinski definition) is 0. The molecule has 0 bridgehead atoms. The second kappa shape index (κ2) is 6.20. The lowest BCUT2D eigenvalue weighted by Crippen LogP contribution is -2.38. The number of rotatable bonds is 3. The number of sulfonamides is 1. The Bertz CT molecular complexity index is 874. The first-order valence-corrected chi connectivity index (χ1v) is 8.95. The minimum absolute atomic E-state index is 0.0899. The molecule has 2 heterocycles. The van der Waals surface area contributed by atoms with Crippen molar-refractivity contribution in [1.82, 2.24) is 9.80 Å². The van der Waals surface area contributed by atoms with Crippen LogP contribution in [-0.2, 0) is 21.4 Å². The van der Waals surface area contributed by atoms with Gasteiger partial charge in [0.05, 0.1) is 11.3 Å². The second-order valence-corrected chi connectivity index (χ2v) is 7.35. The summed E-state index contributed by atoms with van der Waals surface area (Å²) in [6, 6.07) is 6.29. The highest BCUT2D eigenvalue weighted by Gasteiger charge is 2.26. The van der Waals surface area contributed by atoms with E-state index in [9.17, 15) is 17.6 Å². The maximum atomic E-state index is 13.7. The van der Waals surface area contributed by atoms with E-state index < -0.39 is 10.0 Å². The number of halogens is 1. The van der Waals surface area contributed by atoms with Crippen LogP contribution in [0.1, 0.15) is 5.56 Å².